The van der Waals surface area contributed by atoms with Crippen molar-refractivity contribution < 1.29 is 0 Å². The fourth-order valence-corrected chi connectivity index (χ4v) is 3.42. The second kappa shape index (κ2) is 5.64. The van der Waals surface area contributed by atoms with E-state index in [0.29, 0.717) is 6.04 Å². The molecule has 1 atom stereocenters. The van der Waals surface area contributed by atoms with E-state index < -0.39 is 0 Å². The first-order valence-electron chi connectivity index (χ1n) is 7.43. The molecule has 106 valence electrons. The van der Waals surface area contributed by atoms with Gasteiger partial charge in [0.1, 0.15) is 0 Å². The molecule has 1 aromatic rings. The van der Waals surface area contributed by atoms with Gasteiger partial charge < -0.3 is 10.2 Å². The van der Waals surface area contributed by atoms with Gasteiger partial charge in [-0.2, -0.15) is 0 Å². The van der Waals surface area contributed by atoms with Crippen molar-refractivity contribution >= 4 is 0 Å². The molecule has 1 aliphatic rings. The van der Waals surface area contributed by atoms with Gasteiger partial charge in [-0.3, -0.25) is 0 Å². The quantitative estimate of drug-likeness (QED) is 0.894. The van der Waals surface area contributed by atoms with Crippen LogP contribution in [0.25, 0.3) is 0 Å². The van der Waals surface area contributed by atoms with Crippen LogP contribution in [0.1, 0.15) is 49.4 Å². The molecule has 0 amide bonds. The Kier molecular flexibility index (Phi) is 4.32. The number of nitrogens with one attached hydrogen (secondary N) is 1. The summed E-state index contributed by atoms with van der Waals surface area (Å²) in [5, 5.41) is 3.46. The number of fused-ring (bicyclic) bond motifs is 1. The van der Waals surface area contributed by atoms with E-state index in [4.69, 9.17) is 0 Å². The molecule has 2 heteroatoms. The summed E-state index contributed by atoms with van der Waals surface area (Å²) in [4.78, 5) is 2.32. The van der Waals surface area contributed by atoms with Gasteiger partial charge in [0.25, 0.3) is 0 Å². The van der Waals surface area contributed by atoms with E-state index in [0.717, 1.165) is 0 Å². The fraction of sp³-hybridized carbons (Fsp3) is 0.647. The second-order valence-corrected chi connectivity index (χ2v) is 6.57. The van der Waals surface area contributed by atoms with Crippen LogP contribution in [0.3, 0.4) is 0 Å². The van der Waals surface area contributed by atoms with E-state index in [1.54, 1.807) is 11.1 Å². The van der Waals surface area contributed by atoms with E-state index in [2.05, 4.69) is 63.4 Å². The molecule has 0 fully saturated rings. The smallest absolute Gasteiger partial charge is 0.0519 e. The summed E-state index contributed by atoms with van der Waals surface area (Å²) < 4.78 is 0. The molecule has 0 bridgehead atoms. The van der Waals surface area contributed by atoms with Gasteiger partial charge in [-0.05, 0) is 77.4 Å². The minimum atomic E-state index is 0.0619. The summed E-state index contributed by atoms with van der Waals surface area (Å²) in [5.41, 5.74) is 4.63. The normalized spacial score (nSPS) is 17.4. The van der Waals surface area contributed by atoms with Crippen LogP contribution in [0.15, 0.2) is 18.2 Å². The largest absolute Gasteiger partial charge is 0.313 e. The van der Waals surface area contributed by atoms with E-state index in [1.807, 2.05) is 0 Å². The predicted molar refractivity (Wildman–Crippen MR) is 82.7 cm³/mol. The Morgan fingerprint density at radius 3 is 2.32 bits per heavy atom. The summed E-state index contributed by atoms with van der Waals surface area (Å²) in [6.07, 6.45) is 5.21. The van der Waals surface area contributed by atoms with Crippen molar-refractivity contribution in [2.75, 3.05) is 21.1 Å². The van der Waals surface area contributed by atoms with Crippen molar-refractivity contribution in [2.45, 2.75) is 51.1 Å². The molecule has 0 radical (unpaired) electrons. The number of hydrogen-bond donors (Lipinski definition) is 1. The molecule has 0 saturated heterocycles. The van der Waals surface area contributed by atoms with Crippen LogP contribution in [0, 0.1) is 0 Å². The lowest BCUT2D eigenvalue weighted by molar-refractivity contribution is 0.177. The minimum Gasteiger partial charge on any atom is -0.313 e. The Morgan fingerprint density at radius 1 is 1.11 bits per heavy atom. The van der Waals surface area contributed by atoms with Crippen LogP contribution in [-0.4, -0.2) is 31.6 Å². The van der Waals surface area contributed by atoms with Gasteiger partial charge in [0.2, 0.25) is 0 Å². The molecule has 0 aliphatic heterocycles. The summed E-state index contributed by atoms with van der Waals surface area (Å²) in [7, 11) is 6.39. The average Bonchev–Trinajstić information content (AvgIpc) is 2.38. The zero-order valence-electron chi connectivity index (χ0n) is 13.1. The van der Waals surface area contributed by atoms with Gasteiger partial charge in [0.05, 0.1) is 6.04 Å². The van der Waals surface area contributed by atoms with E-state index in [1.165, 1.54) is 31.2 Å². The van der Waals surface area contributed by atoms with Crippen molar-refractivity contribution in [3.63, 3.8) is 0 Å². The molecular formula is C17H28N2. The zero-order chi connectivity index (χ0) is 14.0. The number of hydrogen-bond acceptors (Lipinski definition) is 2. The zero-order valence-corrected chi connectivity index (χ0v) is 13.1. The van der Waals surface area contributed by atoms with Crippen LogP contribution in [0.2, 0.25) is 0 Å². The maximum absolute atomic E-state index is 3.46. The van der Waals surface area contributed by atoms with E-state index in [-0.39, 0.29) is 5.54 Å². The summed E-state index contributed by atoms with van der Waals surface area (Å²) >= 11 is 0. The van der Waals surface area contributed by atoms with Crippen molar-refractivity contribution in [3.8, 4) is 0 Å². The molecule has 0 spiro atoms. The van der Waals surface area contributed by atoms with Gasteiger partial charge in [-0.25, -0.2) is 0 Å². The molecule has 1 N–H and O–H groups in total. The lowest BCUT2D eigenvalue weighted by atomic mass is 9.83. The third-order valence-corrected chi connectivity index (χ3v) is 4.53. The molecule has 19 heavy (non-hydrogen) atoms. The highest BCUT2D eigenvalue weighted by Gasteiger charge is 2.31. The maximum Gasteiger partial charge on any atom is 0.0519 e. The Hall–Kier alpha value is -0.860. The average molecular weight is 260 g/mol. The molecule has 2 nitrogen and oxygen atoms in total. The fourth-order valence-electron chi connectivity index (χ4n) is 3.42. The van der Waals surface area contributed by atoms with E-state index >= 15 is 0 Å². The third-order valence-electron chi connectivity index (χ3n) is 4.53. The predicted octanol–water partition coefficient (Wildman–Crippen LogP) is 3.17. The SMILES string of the molecule is CNC(C)(C)C(c1ccc2c(c1)CCCC2)N(C)C. The molecule has 1 aliphatic carbocycles. The second-order valence-electron chi connectivity index (χ2n) is 6.57. The van der Waals surface area contributed by atoms with Crippen molar-refractivity contribution in [1.82, 2.24) is 10.2 Å². The summed E-state index contributed by atoms with van der Waals surface area (Å²) in [6.45, 7) is 4.55. The molecule has 0 aromatic heterocycles. The number of aryl methyl sites for hydroxylation is 2. The van der Waals surface area contributed by atoms with Crippen LogP contribution >= 0.6 is 0 Å². The molecular weight excluding hydrogens is 232 g/mol. The molecule has 1 unspecified atom stereocenters. The van der Waals surface area contributed by atoms with E-state index in [9.17, 15) is 0 Å². The van der Waals surface area contributed by atoms with Crippen LogP contribution in [0.4, 0.5) is 0 Å². The van der Waals surface area contributed by atoms with Gasteiger partial charge in [-0.1, -0.05) is 18.2 Å². The first kappa shape index (κ1) is 14.5. The molecule has 0 heterocycles. The molecule has 0 saturated carbocycles. The number of likely N-dealkylation sites (N-methyl/N-ethyl adjacent to an activating group) is 2. The Bertz CT molecular complexity index is 435. The topological polar surface area (TPSA) is 15.3 Å². The highest BCUT2D eigenvalue weighted by atomic mass is 15.2. The van der Waals surface area contributed by atoms with Crippen molar-refractivity contribution in [1.29, 1.82) is 0 Å². The number of benzene rings is 1. The van der Waals surface area contributed by atoms with Crippen LogP contribution in [0.5, 0.6) is 0 Å². The Morgan fingerprint density at radius 2 is 1.74 bits per heavy atom. The highest BCUT2D eigenvalue weighted by molar-refractivity contribution is 5.36. The number of nitrogens with zero attached hydrogens (tertiary/aromatic N) is 1. The number of rotatable bonds is 4. The molecule has 2 rings (SSSR count). The van der Waals surface area contributed by atoms with Gasteiger partial charge >= 0.3 is 0 Å². The summed E-state index contributed by atoms with van der Waals surface area (Å²) in [5.74, 6) is 0. The lowest BCUT2D eigenvalue weighted by Gasteiger charge is -2.39. The molecule has 1 aromatic carbocycles. The van der Waals surface area contributed by atoms with Gasteiger partial charge in [-0.15, -0.1) is 0 Å². The maximum atomic E-state index is 3.46. The van der Waals surface area contributed by atoms with Crippen molar-refractivity contribution in [2.24, 2.45) is 0 Å². The van der Waals surface area contributed by atoms with Crippen molar-refractivity contribution in [3.05, 3.63) is 34.9 Å². The first-order chi connectivity index (χ1) is 8.95. The van der Waals surface area contributed by atoms with Gasteiger partial charge in [0.15, 0.2) is 0 Å². The summed E-state index contributed by atoms with van der Waals surface area (Å²) in [6, 6.07) is 7.52. The Labute approximate surface area is 118 Å². The van der Waals surface area contributed by atoms with Crippen LogP contribution in [-0.2, 0) is 12.8 Å². The third kappa shape index (κ3) is 3.01. The monoisotopic (exact) mass is 260 g/mol. The van der Waals surface area contributed by atoms with Gasteiger partial charge in [0, 0.05) is 5.54 Å². The Balaban J connectivity index is 2.37. The standard InChI is InChI=1S/C17H28N2/c1-17(2,18-3)16(19(4)5)15-11-10-13-8-6-7-9-14(13)12-15/h10-12,16,18H,6-9H2,1-5H3. The first-order valence-corrected chi connectivity index (χ1v) is 7.43. The lowest BCUT2D eigenvalue weighted by Crippen LogP contribution is -2.48. The minimum absolute atomic E-state index is 0.0619. The highest BCUT2D eigenvalue weighted by Crippen LogP contribution is 2.32. The van der Waals surface area contributed by atoms with Crippen LogP contribution < -0.4 is 5.32 Å².